The highest BCUT2D eigenvalue weighted by Gasteiger charge is 2.50. The van der Waals surface area contributed by atoms with Gasteiger partial charge in [0.05, 0.1) is 11.4 Å². The molecule has 5 rings (SSSR count). The predicted molar refractivity (Wildman–Crippen MR) is 128 cm³/mol. The van der Waals surface area contributed by atoms with Crippen molar-refractivity contribution < 1.29 is 0 Å². The molecule has 2 aromatic carbocycles. The van der Waals surface area contributed by atoms with E-state index in [2.05, 4.69) is 72.6 Å². The van der Waals surface area contributed by atoms with Gasteiger partial charge in [-0.3, -0.25) is 4.99 Å². The third-order valence-corrected chi connectivity index (χ3v) is 7.66. The van der Waals surface area contributed by atoms with E-state index < -0.39 is 0 Å². The van der Waals surface area contributed by atoms with E-state index in [1.165, 1.54) is 73.3 Å². The zero-order chi connectivity index (χ0) is 20.6. The van der Waals surface area contributed by atoms with E-state index in [1.807, 2.05) is 0 Å². The van der Waals surface area contributed by atoms with Crippen LogP contribution >= 0.6 is 0 Å². The molecule has 0 saturated heterocycles. The van der Waals surface area contributed by atoms with Gasteiger partial charge in [0.2, 0.25) is 0 Å². The number of rotatable bonds is 5. The van der Waals surface area contributed by atoms with E-state index in [0.717, 1.165) is 13.1 Å². The van der Waals surface area contributed by atoms with Crippen LogP contribution in [0.5, 0.6) is 0 Å². The second-order valence-electron chi connectivity index (χ2n) is 9.70. The van der Waals surface area contributed by atoms with Crippen molar-refractivity contribution in [1.29, 1.82) is 0 Å². The van der Waals surface area contributed by atoms with Crippen molar-refractivity contribution in [1.82, 2.24) is 0 Å². The molecule has 1 atom stereocenters. The number of anilines is 2. The van der Waals surface area contributed by atoms with Crippen LogP contribution in [0.4, 0.5) is 17.1 Å². The monoisotopic (exact) mass is 401 g/mol. The number of para-hydroxylation sites is 2. The Kier molecular flexibility index (Phi) is 5.30. The molecule has 2 aromatic rings. The Bertz CT molecular complexity index is 906. The third kappa shape index (κ3) is 3.42. The first-order chi connectivity index (χ1) is 14.7. The van der Waals surface area contributed by atoms with Crippen LogP contribution in [0, 0.1) is 5.92 Å². The summed E-state index contributed by atoms with van der Waals surface area (Å²) < 4.78 is 0. The minimum atomic E-state index is 0.269. The van der Waals surface area contributed by atoms with Gasteiger partial charge in [0.1, 0.15) is 0 Å². The lowest BCUT2D eigenvalue weighted by Crippen LogP contribution is -2.54. The molecular formula is C27H35N3. The maximum Gasteiger partial charge on any atom is 0.0862 e. The van der Waals surface area contributed by atoms with Crippen LogP contribution in [0.15, 0.2) is 53.5 Å². The Hall–Kier alpha value is -2.29. The van der Waals surface area contributed by atoms with Crippen molar-refractivity contribution >= 4 is 22.8 Å². The number of aliphatic imine (C=N–C) groups is 1. The molecule has 3 nitrogen and oxygen atoms in total. The first kappa shape index (κ1) is 19.7. The Morgan fingerprint density at radius 2 is 1.80 bits per heavy atom. The topological polar surface area (TPSA) is 27.6 Å². The zero-order valence-corrected chi connectivity index (χ0v) is 18.5. The van der Waals surface area contributed by atoms with Gasteiger partial charge in [0.25, 0.3) is 0 Å². The highest BCUT2D eigenvalue weighted by molar-refractivity contribution is 5.95. The van der Waals surface area contributed by atoms with Gasteiger partial charge in [-0.25, -0.2) is 0 Å². The lowest BCUT2D eigenvalue weighted by Gasteiger charge is -2.46. The Balaban J connectivity index is 1.41. The molecule has 2 fully saturated rings. The van der Waals surface area contributed by atoms with Gasteiger partial charge in [0, 0.05) is 35.9 Å². The van der Waals surface area contributed by atoms with E-state index in [1.54, 1.807) is 0 Å². The molecule has 1 aliphatic heterocycles. The Labute approximate surface area is 181 Å². The number of nitrogens with one attached hydrogen (secondary N) is 1. The van der Waals surface area contributed by atoms with E-state index in [0.29, 0.717) is 11.8 Å². The molecule has 1 spiro atoms. The number of hydrogen-bond donors (Lipinski definition) is 1. The second kappa shape index (κ2) is 8.09. The Morgan fingerprint density at radius 1 is 1.03 bits per heavy atom. The molecule has 0 aromatic heterocycles. The van der Waals surface area contributed by atoms with Crippen molar-refractivity contribution in [2.24, 2.45) is 10.9 Å². The van der Waals surface area contributed by atoms with Gasteiger partial charge < -0.3 is 10.2 Å². The summed E-state index contributed by atoms with van der Waals surface area (Å²) in [5, 5.41) is 3.70. The average Bonchev–Trinajstić information content (AvgIpc) is 3.40. The first-order valence-corrected chi connectivity index (χ1v) is 12.0. The third-order valence-electron chi connectivity index (χ3n) is 7.66. The van der Waals surface area contributed by atoms with E-state index in [9.17, 15) is 0 Å². The number of benzene rings is 2. The molecule has 2 aliphatic carbocycles. The summed E-state index contributed by atoms with van der Waals surface area (Å²) in [6.07, 6.45) is 9.14. The van der Waals surface area contributed by atoms with Gasteiger partial charge in [-0.05, 0) is 67.9 Å². The summed E-state index contributed by atoms with van der Waals surface area (Å²) in [5.74, 6) is 1.22. The van der Waals surface area contributed by atoms with Crippen LogP contribution in [0.2, 0.25) is 0 Å². The molecule has 1 heterocycles. The lowest BCUT2D eigenvalue weighted by molar-refractivity contribution is 0.316. The lowest BCUT2D eigenvalue weighted by atomic mass is 9.78. The second-order valence-corrected chi connectivity index (χ2v) is 9.70. The van der Waals surface area contributed by atoms with E-state index >= 15 is 0 Å². The molecule has 3 heteroatoms. The quantitative estimate of drug-likeness (QED) is 0.588. The van der Waals surface area contributed by atoms with E-state index in [4.69, 9.17) is 4.99 Å². The molecule has 0 amide bonds. The summed E-state index contributed by atoms with van der Waals surface area (Å²) >= 11 is 0. The molecule has 2 saturated carbocycles. The number of hydrogen-bond acceptors (Lipinski definition) is 3. The molecule has 0 radical (unpaired) electrons. The molecule has 0 bridgehead atoms. The SMILES string of the molecule is CC(C)c1ccc(NCCN2c3ccccc3N=C3CCCC3C23CCCC3)cc1. The van der Waals surface area contributed by atoms with E-state index in [-0.39, 0.29) is 5.54 Å². The fraction of sp³-hybridized carbons (Fsp3) is 0.519. The number of nitrogens with zero attached hydrogens (tertiary/aromatic N) is 2. The molecular weight excluding hydrogens is 366 g/mol. The van der Waals surface area contributed by atoms with Crippen LogP contribution in [-0.2, 0) is 0 Å². The summed E-state index contributed by atoms with van der Waals surface area (Å²) in [4.78, 5) is 7.98. The van der Waals surface area contributed by atoms with Crippen molar-refractivity contribution in [3.8, 4) is 0 Å². The summed E-state index contributed by atoms with van der Waals surface area (Å²) in [5.41, 5.74) is 6.90. The molecule has 30 heavy (non-hydrogen) atoms. The standard InChI is InChI=1S/C27H35N3/c1-20(2)21-12-14-22(15-13-21)28-18-19-30-26-11-4-3-9-25(26)29-24-10-7-8-23(24)27(30)16-5-6-17-27/h3-4,9,11-15,20,23,28H,5-8,10,16-19H2,1-2H3. The van der Waals surface area contributed by atoms with Crippen molar-refractivity contribution in [2.75, 3.05) is 23.3 Å². The van der Waals surface area contributed by atoms with Gasteiger partial charge in [0.15, 0.2) is 0 Å². The molecule has 1 N–H and O–H groups in total. The summed E-state index contributed by atoms with van der Waals surface area (Å²) in [7, 11) is 0. The van der Waals surface area contributed by atoms with Gasteiger partial charge in [-0.1, -0.05) is 51.0 Å². The van der Waals surface area contributed by atoms with Crippen LogP contribution in [0.1, 0.15) is 70.3 Å². The van der Waals surface area contributed by atoms with Crippen LogP contribution < -0.4 is 10.2 Å². The smallest absolute Gasteiger partial charge is 0.0862 e. The van der Waals surface area contributed by atoms with Gasteiger partial charge in [-0.15, -0.1) is 0 Å². The van der Waals surface area contributed by atoms with Crippen LogP contribution in [0.25, 0.3) is 0 Å². The highest BCUT2D eigenvalue weighted by atomic mass is 15.2. The van der Waals surface area contributed by atoms with Gasteiger partial charge in [-0.2, -0.15) is 0 Å². The minimum Gasteiger partial charge on any atom is -0.383 e. The van der Waals surface area contributed by atoms with Crippen molar-refractivity contribution in [2.45, 2.75) is 70.3 Å². The van der Waals surface area contributed by atoms with Crippen molar-refractivity contribution in [3.63, 3.8) is 0 Å². The Morgan fingerprint density at radius 3 is 2.57 bits per heavy atom. The van der Waals surface area contributed by atoms with Gasteiger partial charge >= 0.3 is 0 Å². The van der Waals surface area contributed by atoms with Crippen LogP contribution in [-0.4, -0.2) is 24.3 Å². The van der Waals surface area contributed by atoms with Crippen molar-refractivity contribution in [3.05, 3.63) is 54.1 Å². The predicted octanol–water partition coefficient (Wildman–Crippen LogP) is 6.93. The van der Waals surface area contributed by atoms with Crippen LogP contribution in [0.3, 0.4) is 0 Å². The fourth-order valence-electron chi connectivity index (χ4n) is 6.16. The average molecular weight is 402 g/mol. The maximum atomic E-state index is 5.22. The maximum absolute atomic E-state index is 5.22. The fourth-order valence-corrected chi connectivity index (χ4v) is 6.16. The first-order valence-electron chi connectivity index (χ1n) is 12.0. The molecule has 1 unspecified atom stereocenters. The largest absolute Gasteiger partial charge is 0.383 e. The minimum absolute atomic E-state index is 0.269. The summed E-state index contributed by atoms with van der Waals surface area (Å²) in [6, 6.07) is 17.8. The summed E-state index contributed by atoms with van der Waals surface area (Å²) in [6.45, 7) is 6.49. The zero-order valence-electron chi connectivity index (χ0n) is 18.5. The molecule has 158 valence electrons. The number of fused-ring (bicyclic) bond motifs is 3. The highest BCUT2D eigenvalue weighted by Crippen LogP contribution is 2.52. The normalized spacial score (nSPS) is 22.0. The molecule has 3 aliphatic rings.